The predicted octanol–water partition coefficient (Wildman–Crippen LogP) is 2.73. The van der Waals surface area contributed by atoms with E-state index >= 15 is 0 Å². The van der Waals surface area contributed by atoms with Gasteiger partial charge < -0.3 is 35.3 Å². The number of carboxylic acid groups (broad SMARTS) is 1. The maximum Gasteiger partial charge on any atom is 1.00 e. The molecule has 2 fully saturated rings. The van der Waals surface area contributed by atoms with Gasteiger partial charge in [0, 0.05) is 67.7 Å². The minimum Gasteiger partial charge on any atom is -1.00 e. The summed E-state index contributed by atoms with van der Waals surface area (Å²) >= 11 is 0. The quantitative estimate of drug-likeness (QED) is 0.217. The van der Waals surface area contributed by atoms with Crippen molar-refractivity contribution in [3.63, 3.8) is 0 Å². The number of amides is 2. The van der Waals surface area contributed by atoms with Crippen LogP contribution in [0.4, 0.5) is 17.6 Å². The van der Waals surface area contributed by atoms with Gasteiger partial charge >= 0.3 is 57.4 Å². The third kappa shape index (κ3) is 11.5. The molecule has 0 spiro atoms. The molecule has 0 radical (unpaired) electrons. The third-order valence-corrected chi connectivity index (χ3v) is 7.36. The molecule has 2 aromatic carbocycles. The molecule has 3 atom stereocenters. The van der Waals surface area contributed by atoms with Gasteiger partial charge in [0.25, 0.3) is 12.2 Å². The average Bonchev–Trinajstić information content (AvgIpc) is 3.49. The molecule has 47 heavy (non-hydrogen) atoms. The summed E-state index contributed by atoms with van der Waals surface area (Å²) in [6.45, 7) is 0.603. The van der Waals surface area contributed by atoms with Gasteiger partial charge in [-0.15, -0.1) is 0 Å². The van der Waals surface area contributed by atoms with E-state index in [2.05, 4.69) is 0 Å². The molecule has 2 heterocycles. The number of carboxylic acids is 1. The third-order valence-electron chi connectivity index (χ3n) is 7.36. The number of halogens is 4. The van der Waals surface area contributed by atoms with E-state index in [0.717, 1.165) is 11.6 Å². The first-order valence-corrected chi connectivity index (χ1v) is 13.7. The van der Waals surface area contributed by atoms with Crippen molar-refractivity contribution >= 4 is 17.8 Å². The zero-order chi connectivity index (χ0) is 33.3. The Balaban J connectivity index is 0.000000873. The molecule has 254 valence electrons. The van der Waals surface area contributed by atoms with Crippen LogP contribution in [0.2, 0.25) is 0 Å². The fraction of sp³-hybridized carbons (Fsp3) is 0.406. The number of nitrogens with zero attached hydrogens (tertiary/aromatic N) is 2. The summed E-state index contributed by atoms with van der Waals surface area (Å²) in [6.07, 6.45) is -2.24. The molecule has 0 bridgehead atoms. The molecule has 4 rings (SSSR count). The van der Waals surface area contributed by atoms with Crippen LogP contribution in [-0.2, 0) is 27.5 Å². The Labute approximate surface area is 315 Å². The molecule has 2 amide bonds. The normalized spacial score (nSPS) is 18.2. The van der Waals surface area contributed by atoms with Crippen LogP contribution in [0.5, 0.6) is 23.0 Å². The van der Waals surface area contributed by atoms with Gasteiger partial charge in [-0.25, -0.2) is 0 Å². The SMILES string of the molecule is C.COc1ccc(CN2CC(C=C(F)F)C(C(=O)O)C2=O)c(OC)c1.COc1ccc(CN2CC(C=C(F)F)CC2=O)c(OC)c1.[H-].[K+]. The number of carbonyl (C=O) groups excluding carboxylic acids is 2. The maximum atomic E-state index is 12.5. The second-order valence-electron chi connectivity index (χ2n) is 10.2. The fourth-order valence-electron chi connectivity index (χ4n) is 5.19. The van der Waals surface area contributed by atoms with Crippen molar-refractivity contribution in [1.82, 2.24) is 9.80 Å². The Morgan fingerprint density at radius 3 is 1.74 bits per heavy atom. The number of likely N-dealkylation sites (tertiary alicyclic amines) is 2. The van der Waals surface area contributed by atoms with Crippen LogP contribution in [-0.4, -0.2) is 74.2 Å². The van der Waals surface area contributed by atoms with Crippen molar-refractivity contribution in [3.05, 3.63) is 71.8 Å². The molecule has 2 saturated heterocycles. The van der Waals surface area contributed by atoms with Gasteiger partial charge in [-0.3, -0.25) is 14.4 Å². The minimum absolute atomic E-state index is 0. The van der Waals surface area contributed by atoms with Crippen LogP contribution in [0, 0.1) is 17.8 Å². The Morgan fingerprint density at radius 2 is 1.32 bits per heavy atom. The Morgan fingerprint density at radius 1 is 0.830 bits per heavy atom. The summed E-state index contributed by atoms with van der Waals surface area (Å²) in [5, 5.41) is 9.16. The smallest absolute Gasteiger partial charge is 1.00 e. The van der Waals surface area contributed by atoms with Gasteiger partial charge in [0.2, 0.25) is 11.8 Å². The Bertz CT molecular complexity index is 1460. The summed E-state index contributed by atoms with van der Waals surface area (Å²) in [5.41, 5.74) is 1.44. The number of hydrogen-bond donors (Lipinski definition) is 1. The van der Waals surface area contributed by atoms with E-state index < -0.39 is 41.8 Å². The zero-order valence-electron chi connectivity index (χ0n) is 27.1. The van der Waals surface area contributed by atoms with Crippen molar-refractivity contribution < 1.29 is 109 Å². The topological polar surface area (TPSA) is 115 Å². The maximum absolute atomic E-state index is 12.5. The minimum atomic E-state index is -2.00. The summed E-state index contributed by atoms with van der Waals surface area (Å²) in [7, 11) is 6.04. The van der Waals surface area contributed by atoms with Crippen molar-refractivity contribution in [2.24, 2.45) is 17.8 Å². The van der Waals surface area contributed by atoms with Gasteiger partial charge in [0.05, 0.1) is 28.4 Å². The molecule has 3 unspecified atom stereocenters. The second-order valence-corrected chi connectivity index (χ2v) is 10.2. The van der Waals surface area contributed by atoms with Crippen LogP contribution in [0.1, 0.15) is 26.4 Å². The van der Waals surface area contributed by atoms with Gasteiger partial charge in [-0.05, 0) is 36.4 Å². The number of carbonyl (C=O) groups is 3. The second kappa shape index (κ2) is 19.6. The molecule has 0 saturated carbocycles. The molecule has 2 aromatic rings. The van der Waals surface area contributed by atoms with Crippen LogP contribution in [0.15, 0.2) is 60.7 Å². The molecule has 10 nitrogen and oxygen atoms in total. The van der Waals surface area contributed by atoms with Crippen molar-refractivity contribution in [2.75, 3.05) is 41.5 Å². The van der Waals surface area contributed by atoms with Crippen LogP contribution >= 0.6 is 0 Å². The molecule has 2 aliphatic heterocycles. The van der Waals surface area contributed by atoms with E-state index in [1.54, 1.807) is 42.3 Å². The van der Waals surface area contributed by atoms with Crippen molar-refractivity contribution in [1.29, 1.82) is 0 Å². The van der Waals surface area contributed by atoms with E-state index in [1.807, 2.05) is 6.07 Å². The number of hydrogen-bond acceptors (Lipinski definition) is 7. The van der Waals surface area contributed by atoms with Crippen LogP contribution < -0.4 is 70.3 Å². The molecule has 1 N–H and O–H groups in total. The van der Waals surface area contributed by atoms with Crippen molar-refractivity contribution in [2.45, 2.75) is 26.9 Å². The van der Waals surface area contributed by atoms with Crippen LogP contribution in [0.3, 0.4) is 0 Å². The number of aliphatic carboxylic acids is 1. The van der Waals surface area contributed by atoms with E-state index in [0.29, 0.717) is 47.7 Å². The van der Waals surface area contributed by atoms with E-state index in [9.17, 15) is 31.9 Å². The molecular formula is C32H39F4KN2O8. The first-order chi connectivity index (χ1) is 21.4. The molecule has 15 heteroatoms. The van der Waals surface area contributed by atoms with E-state index in [-0.39, 0.29) is 85.7 Å². The zero-order valence-corrected chi connectivity index (χ0v) is 29.2. The first kappa shape index (κ1) is 41.9. The first-order valence-electron chi connectivity index (χ1n) is 13.7. The van der Waals surface area contributed by atoms with E-state index in [1.165, 1.54) is 26.2 Å². The van der Waals surface area contributed by atoms with Crippen molar-refractivity contribution in [3.8, 4) is 23.0 Å². The number of benzene rings is 2. The predicted molar refractivity (Wildman–Crippen MR) is 161 cm³/mol. The number of ether oxygens (including phenoxy) is 4. The van der Waals surface area contributed by atoms with Gasteiger partial charge in [0.1, 0.15) is 28.9 Å². The van der Waals surface area contributed by atoms with Gasteiger partial charge in [0.15, 0.2) is 0 Å². The molecule has 2 aliphatic rings. The van der Waals surface area contributed by atoms with Gasteiger partial charge in [-0.2, -0.15) is 17.6 Å². The summed E-state index contributed by atoms with van der Waals surface area (Å²) in [6, 6.07) is 10.3. The van der Waals surface area contributed by atoms with E-state index in [4.69, 9.17) is 24.1 Å². The molecule has 0 aliphatic carbocycles. The Kier molecular flexibility index (Phi) is 17.5. The Hall–Kier alpha value is -3.11. The summed E-state index contributed by atoms with van der Waals surface area (Å²) in [5.74, 6) is -2.94. The molecule has 0 aromatic heterocycles. The average molecular weight is 695 g/mol. The number of rotatable bonds is 11. The largest absolute Gasteiger partial charge is 1.00 e. The number of methoxy groups -OCH3 is 4. The summed E-state index contributed by atoms with van der Waals surface area (Å²) < 4.78 is 70.3. The standard InChI is InChI=1S/C16H17F2NO5.C15H17F2NO3.CH4.K.H/c1-23-11-4-3-9(12(6-11)24-2)7-19-8-10(5-13(17)18)14(15(19)20)16(21)22;1-20-12-4-3-11(13(7-12)21-2)9-18-8-10(5-14(16)17)6-15(18)19;;;/h3-6,10,14H,7-8H2,1-2H3,(H,21,22);3-5,7,10H,6,8-9H2,1-2H3;1H4;;/q;;;+1;-1. The molecular weight excluding hydrogens is 655 g/mol. The fourth-order valence-corrected chi connectivity index (χ4v) is 5.19. The van der Waals surface area contributed by atoms with Crippen LogP contribution in [0.25, 0.3) is 0 Å². The van der Waals surface area contributed by atoms with Gasteiger partial charge in [-0.1, -0.05) is 7.43 Å². The summed E-state index contributed by atoms with van der Waals surface area (Å²) in [4.78, 5) is 38.2. The monoisotopic (exact) mass is 694 g/mol.